The molecule has 24 heavy (non-hydrogen) atoms. The Hall–Kier alpha value is -2.40. The number of hydrogen-bond donors (Lipinski definition) is 2. The third kappa shape index (κ3) is 2.45. The molecule has 2 heterocycles. The molecule has 5 heteroatoms. The first kappa shape index (κ1) is 15.1. The normalized spacial score (nSPS) is 21.2. The lowest BCUT2D eigenvalue weighted by molar-refractivity contribution is 0.329. The average Bonchev–Trinajstić information content (AvgIpc) is 2.97. The Morgan fingerprint density at radius 2 is 1.79 bits per heavy atom. The van der Waals surface area contributed by atoms with Crippen LogP contribution in [-0.4, -0.2) is 20.6 Å². The number of nitrogen functional groups attached to an aromatic ring is 1. The van der Waals surface area contributed by atoms with E-state index in [9.17, 15) is 0 Å². The summed E-state index contributed by atoms with van der Waals surface area (Å²) in [6, 6.07) is 9.14. The number of nitrogens with zero attached hydrogens (tertiary/aromatic N) is 3. The SMILES string of the molecule is Cc1ccccc1-c1cn(C2CCC(N)CC2)c2ncnc(N)c12. The molecule has 2 aromatic heterocycles. The third-order valence-corrected chi connectivity index (χ3v) is 5.21. The van der Waals surface area contributed by atoms with Gasteiger partial charge in [-0.3, -0.25) is 0 Å². The summed E-state index contributed by atoms with van der Waals surface area (Å²) >= 11 is 0. The van der Waals surface area contributed by atoms with Crippen molar-refractivity contribution in [2.45, 2.75) is 44.7 Å². The molecule has 0 amide bonds. The van der Waals surface area contributed by atoms with Gasteiger partial charge in [0.25, 0.3) is 0 Å². The van der Waals surface area contributed by atoms with Crippen LogP contribution in [0.15, 0.2) is 36.8 Å². The Labute approximate surface area is 141 Å². The largest absolute Gasteiger partial charge is 0.383 e. The molecule has 1 aromatic carbocycles. The lowest BCUT2D eigenvalue weighted by Crippen LogP contribution is -2.27. The number of aromatic nitrogens is 3. The van der Waals surface area contributed by atoms with Gasteiger partial charge in [-0.2, -0.15) is 0 Å². The van der Waals surface area contributed by atoms with Crippen LogP contribution in [0.2, 0.25) is 0 Å². The van der Waals surface area contributed by atoms with Gasteiger partial charge in [0.05, 0.1) is 5.39 Å². The summed E-state index contributed by atoms with van der Waals surface area (Å²) in [6.45, 7) is 2.12. The van der Waals surface area contributed by atoms with E-state index < -0.39 is 0 Å². The molecule has 0 spiro atoms. The minimum atomic E-state index is 0.332. The number of hydrogen-bond acceptors (Lipinski definition) is 4. The van der Waals surface area contributed by atoms with E-state index in [-0.39, 0.29) is 0 Å². The minimum absolute atomic E-state index is 0.332. The zero-order chi connectivity index (χ0) is 16.7. The third-order valence-electron chi connectivity index (χ3n) is 5.21. The molecule has 1 aliphatic rings. The van der Waals surface area contributed by atoms with Crippen LogP contribution in [0.25, 0.3) is 22.2 Å². The van der Waals surface area contributed by atoms with Crippen LogP contribution in [-0.2, 0) is 0 Å². The van der Waals surface area contributed by atoms with Gasteiger partial charge < -0.3 is 16.0 Å². The van der Waals surface area contributed by atoms with Gasteiger partial charge in [-0.25, -0.2) is 9.97 Å². The van der Waals surface area contributed by atoms with E-state index in [0.717, 1.165) is 42.3 Å². The highest BCUT2D eigenvalue weighted by Crippen LogP contribution is 2.38. The van der Waals surface area contributed by atoms with Crippen LogP contribution in [0.1, 0.15) is 37.3 Å². The fourth-order valence-electron chi connectivity index (χ4n) is 3.85. The second-order valence-electron chi connectivity index (χ2n) is 6.79. The molecule has 0 unspecified atom stereocenters. The van der Waals surface area contributed by atoms with Gasteiger partial charge in [-0.05, 0) is 43.7 Å². The molecule has 0 atom stereocenters. The van der Waals surface area contributed by atoms with Gasteiger partial charge in [0.1, 0.15) is 17.8 Å². The van der Waals surface area contributed by atoms with Crippen LogP contribution in [0, 0.1) is 6.92 Å². The van der Waals surface area contributed by atoms with Crippen LogP contribution in [0.4, 0.5) is 5.82 Å². The maximum absolute atomic E-state index is 6.22. The van der Waals surface area contributed by atoms with E-state index >= 15 is 0 Å². The maximum atomic E-state index is 6.22. The Morgan fingerprint density at radius 1 is 1.04 bits per heavy atom. The molecule has 4 N–H and O–H groups in total. The first-order valence-electron chi connectivity index (χ1n) is 8.57. The number of rotatable bonds is 2. The second kappa shape index (κ2) is 5.91. The second-order valence-corrected chi connectivity index (χ2v) is 6.79. The number of nitrogens with two attached hydrogens (primary N) is 2. The van der Waals surface area contributed by atoms with Gasteiger partial charge >= 0.3 is 0 Å². The summed E-state index contributed by atoms with van der Waals surface area (Å²) < 4.78 is 2.29. The first-order valence-corrected chi connectivity index (χ1v) is 8.57. The van der Waals surface area contributed by atoms with Gasteiger partial charge in [-0.1, -0.05) is 24.3 Å². The van der Waals surface area contributed by atoms with Crippen LogP contribution in [0.5, 0.6) is 0 Å². The van der Waals surface area contributed by atoms with Crippen molar-refractivity contribution in [3.05, 3.63) is 42.4 Å². The number of benzene rings is 1. The highest BCUT2D eigenvalue weighted by Gasteiger charge is 2.24. The zero-order valence-electron chi connectivity index (χ0n) is 13.9. The predicted molar refractivity (Wildman–Crippen MR) is 97.6 cm³/mol. The first-order chi connectivity index (χ1) is 11.6. The summed E-state index contributed by atoms with van der Waals surface area (Å²) in [6.07, 6.45) is 8.06. The van der Waals surface area contributed by atoms with Crippen molar-refractivity contribution in [2.24, 2.45) is 5.73 Å². The van der Waals surface area contributed by atoms with Crippen molar-refractivity contribution in [2.75, 3.05) is 5.73 Å². The quantitative estimate of drug-likeness (QED) is 0.757. The number of anilines is 1. The van der Waals surface area contributed by atoms with Crippen molar-refractivity contribution in [3.63, 3.8) is 0 Å². The fraction of sp³-hybridized carbons (Fsp3) is 0.368. The maximum Gasteiger partial charge on any atom is 0.146 e. The monoisotopic (exact) mass is 321 g/mol. The smallest absolute Gasteiger partial charge is 0.146 e. The molecular formula is C19H23N5. The highest BCUT2D eigenvalue weighted by molar-refractivity contribution is 6.01. The lowest BCUT2D eigenvalue weighted by atomic mass is 9.92. The van der Waals surface area contributed by atoms with Gasteiger partial charge in [0, 0.05) is 23.8 Å². The molecular weight excluding hydrogens is 298 g/mol. The highest BCUT2D eigenvalue weighted by atomic mass is 15.1. The van der Waals surface area contributed by atoms with Crippen molar-refractivity contribution in [1.29, 1.82) is 0 Å². The van der Waals surface area contributed by atoms with Crippen molar-refractivity contribution in [1.82, 2.24) is 14.5 Å². The topological polar surface area (TPSA) is 82.8 Å². The Balaban J connectivity index is 1.91. The fourth-order valence-corrected chi connectivity index (χ4v) is 3.85. The van der Waals surface area contributed by atoms with Crippen molar-refractivity contribution >= 4 is 16.9 Å². The molecule has 4 rings (SSSR count). The molecule has 3 aromatic rings. The minimum Gasteiger partial charge on any atom is -0.383 e. The molecule has 0 radical (unpaired) electrons. The van der Waals surface area contributed by atoms with Crippen LogP contribution >= 0.6 is 0 Å². The van der Waals surface area contributed by atoms with E-state index in [0.29, 0.717) is 17.9 Å². The molecule has 1 aliphatic carbocycles. The molecule has 1 fully saturated rings. The Morgan fingerprint density at radius 3 is 2.54 bits per heavy atom. The number of fused-ring (bicyclic) bond motifs is 1. The van der Waals surface area contributed by atoms with Crippen LogP contribution in [0.3, 0.4) is 0 Å². The lowest BCUT2D eigenvalue weighted by Gasteiger charge is -2.27. The predicted octanol–water partition coefficient (Wildman–Crippen LogP) is 3.43. The molecule has 1 saturated carbocycles. The molecule has 5 nitrogen and oxygen atoms in total. The summed E-state index contributed by atoms with van der Waals surface area (Å²) in [7, 11) is 0. The van der Waals surface area contributed by atoms with E-state index in [1.54, 1.807) is 6.33 Å². The summed E-state index contributed by atoms with van der Waals surface area (Å²) in [5.74, 6) is 0.546. The Kier molecular flexibility index (Phi) is 3.73. The summed E-state index contributed by atoms with van der Waals surface area (Å²) in [5.41, 5.74) is 16.8. The van der Waals surface area contributed by atoms with E-state index in [1.807, 2.05) is 0 Å². The standard InChI is InChI=1S/C19H23N5/c1-12-4-2-3-5-15(12)16-10-24(14-8-6-13(20)7-9-14)19-17(16)18(21)22-11-23-19/h2-5,10-11,13-14H,6-9,20H2,1H3,(H2,21,22,23). The van der Waals surface area contributed by atoms with E-state index in [4.69, 9.17) is 11.5 Å². The zero-order valence-corrected chi connectivity index (χ0v) is 13.9. The molecule has 124 valence electrons. The van der Waals surface area contributed by atoms with E-state index in [2.05, 4.69) is 51.9 Å². The Bertz CT molecular complexity index is 875. The van der Waals surface area contributed by atoms with Crippen molar-refractivity contribution < 1.29 is 0 Å². The van der Waals surface area contributed by atoms with E-state index in [1.165, 1.54) is 11.1 Å². The molecule has 0 aliphatic heterocycles. The van der Waals surface area contributed by atoms with Gasteiger partial charge in [-0.15, -0.1) is 0 Å². The molecule has 0 bridgehead atoms. The summed E-state index contributed by atoms with van der Waals surface area (Å²) in [4.78, 5) is 8.78. The average molecular weight is 321 g/mol. The van der Waals surface area contributed by atoms with Crippen LogP contribution < -0.4 is 11.5 Å². The van der Waals surface area contributed by atoms with Gasteiger partial charge in [0.2, 0.25) is 0 Å². The molecule has 0 saturated heterocycles. The van der Waals surface area contributed by atoms with Gasteiger partial charge in [0.15, 0.2) is 0 Å². The number of aryl methyl sites for hydroxylation is 1. The summed E-state index contributed by atoms with van der Waals surface area (Å²) in [5, 5.41) is 0.960. The van der Waals surface area contributed by atoms with Crippen molar-refractivity contribution in [3.8, 4) is 11.1 Å².